The number of nitrogens with two attached hydrogens (primary N) is 1. The van der Waals surface area contributed by atoms with Gasteiger partial charge in [0.1, 0.15) is 5.52 Å². The quantitative estimate of drug-likeness (QED) is 0.935. The van der Waals surface area contributed by atoms with E-state index >= 15 is 0 Å². The van der Waals surface area contributed by atoms with Gasteiger partial charge in [-0.3, -0.25) is 4.57 Å². The third kappa shape index (κ3) is 2.00. The molecule has 0 spiro atoms. The summed E-state index contributed by atoms with van der Waals surface area (Å²) >= 11 is 0. The van der Waals surface area contributed by atoms with Gasteiger partial charge in [0.2, 0.25) is 5.95 Å². The van der Waals surface area contributed by atoms with Gasteiger partial charge in [0.15, 0.2) is 5.65 Å². The average Bonchev–Trinajstić information content (AvgIpc) is 2.95. The third-order valence-electron chi connectivity index (χ3n) is 4.77. The highest BCUT2D eigenvalue weighted by Crippen LogP contribution is 2.37. The summed E-state index contributed by atoms with van der Waals surface area (Å²) in [5, 5.41) is 4.58. The number of hydrogen-bond acceptors (Lipinski definition) is 3. The number of nitrogens with zero attached hydrogens (tertiary/aromatic N) is 4. The molecule has 5 nitrogen and oxygen atoms in total. The van der Waals surface area contributed by atoms with Crippen molar-refractivity contribution in [3.05, 3.63) is 5.69 Å². The van der Waals surface area contributed by atoms with Crippen molar-refractivity contribution >= 4 is 17.1 Å². The van der Waals surface area contributed by atoms with Crippen molar-refractivity contribution in [2.45, 2.75) is 65.5 Å². The first kappa shape index (κ1) is 13.5. The second kappa shape index (κ2) is 5.11. The first-order chi connectivity index (χ1) is 9.65. The fourth-order valence-corrected chi connectivity index (χ4v) is 3.65. The zero-order valence-corrected chi connectivity index (χ0v) is 12.8. The minimum Gasteiger partial charge on any atom is -0.369 e. The second-order valence-electron chi connectivity index (χ2n) is 6.01. The lowest BCUT2D eigenvalue weighted by Gasteiger charge is -2.30. The number of anilines is 1. The fourth-order valence-electron chi connectivity index (χ4n) is 3.65. The SMILES string of the molecule is CCC1CCCC(n2c(N)nc3c(C)nn(CC)c32)C1. The van der Waals surface area contributed by atoms with Crippen LogP contribution < -0.4 is 5.73 Å². The Morgan fingerprint density at radius 2 is 2.10 bits per heavy atom. The maximum absolute atomic E-state index is 6.22. The number of fused-ring (bicyclic) bond motifs is 1. The molecule has 2 aromatic heterocycles. The van der Waals surface area contributed by atoms with Crippen molar-refractivity contribution in [2.24, 2.45) is 5.92 Å². The van der Waals surface area contributed by atoms with Crippen molar-refractivity contribution in [3.63, 3.8) is 0 Å². The number of hydrogen-bond donors (Lipinski definition) is 1. The first-order valence-electron chi connectivity index (χ1n) is 7.86. The minimum absolute atomic E-state index is 0.486. The van der Waals surface area contributed by atoms with Crippen LogP contribution in [0.2, 0.25) is 0 Å². The predicted octanol–water partition coefficient (Wildman–Crippen LogP) is 3.28. The molecule has 2 atom stereocenters. The van der Waals surface area contributed by atoms with Gasteiger partial charge >= 0.3 is 0 Å². The van der Waals surface area contributed by atoms with Gasteiger partial charge in [0.05, 0.1) is 5.69 Å². The van der Waals surface area contributed by atoms with E-state index in [0.717, 1.165) is 29.3 Å². The van der Waals surface area contributed by atoms with E-state index < -0.39 is 0 Å². The molecular weight excluding hydrogens is 250 g/mol. The zero-order chi connectivity index (χ0) is 14.3. The summed E-state index contributed by atoms with van der Waals surface area (Å²) in [5.74, 6) is 1.48. The Morgan fingerprint density at radius 3 is 2.80 bits per heavy atom. The van der Waals surface area contributed by atoms with Gasteiger partial charge in [0, 0.05) is 12.6 Å². The molecule has 20 heavy (non-hydrogen) atoms. The van der Waals surface area contributed by atoms with Crippen LogP contribution in [-0.2, 0) is 6.54 Å². The summed E-state index contributed by atoms with van der Waals surface area (Å²) in [6.07, 6.45) is 6.35. The Bertz CT molecular complexity index is 609. The molecule has 1 saturated carbocycles. The largest absolute Gasteiger partial charge is 0.369 e. The van der Waals surface area contributed by atoms with Crippen LogP contribution in [0.15, 0.2) is 0 Å². The Labute approximate surface area is 120 Å². The molecule has 1 aliphatic carbocycles. The molecular formula is C15H25N5. The Morgan fingerprint density at radius 1 is 1.30 bits per heavy atom. The van der Waals surface area contributed by atoms with Crippen LogP contribution in [0.1, 0.15) is 57.7 Å². The molecule has 2 heterocycles. The van der Waals surface area contributed by atoms with Crippen LogP contribution in [0.5, 0.6) is 0 Å². The van der Waals surface area contributed by atoms with E-state index in [9.17, 15) is 0 Å². The molecule has 0 radical (unpaired) electrons. The van der Waals surface area contributed by atoms with E-state index in [4.69, 9.17) is 5.73 Å². The van der Waals surface area contributed by atoms with Crippen molar-refractivity contribution in [2.75, 3.05) is 5.73 Å². The Hall–Kier alpha value is -1.52. The van der Waals surface area contributed by atoms with Gasteiger partial charge < -0.3 is 5.73 Å². The van der Waals surface area contributed by atoms with Gasteiger partial charge in [-0.05, 0) is 32.6 Å². The van der Waals surface area contributed by atoms with Crippen molar-refractivity contribution in [1.82, 2.24) is 19.3 Å². The summed E-state index contributed by atoms with van der Waals surface area (Å²) in [4.78, 5) is 4.56. The molecule has 110 valence electrons. The highest BCUT2D eigenvalue weighted by atomic mass is 15.4. The van der Waals surface area contributed by atoms with Crippen molar-refractivity contribution in [3.8, 4) is 0 Å². The number of nitrogen functional groups attached to an aromatic ring is 1. The molecule has 0 saturated heterocycles. The topological polar surface area (TPSA) is 61.7 Å². The van der Waals surface area contributed by atoms with Gasteiger partial charge in [-0.15, -0.1) is 0 Å². The van der Waals surface area contributed by atoms with Crippen molar-refractivity contribution < 1.29 is 0 Å². The van der Waals surface area contributed by atoms with Gasteiger partial charge in [-0.2, -0.15) is 5.10 Å². The van der Waals surface area contributed by atoms with Gasteiger partial charge in [0.25, 0.3) is 0 Å². The predicted molar refractivity (Wildman–Crippen MR) is 81.6 cm³/mol. The molecule has 1 aliphatic rings. The summed E-state index contributed by atoms with van der Waals surface area (Å²) in [6.45, 7) is 7.29. The smallest absolute Gasteiger partial charge is 0.202 e. The molecule has 0 aliphatic heterocycles. The van der Waals surface area contributed by atoms with Crippen LogP contribution in [0.3, 0.4) is 0 Å². The summed E-state index contributed by atoms with van der Waals surface area (Å²) in [6, 6.07) is 0.486. The molecule has 2 aromatic rings. The molecule has 0 bridgehead atoms. The van der Waals surface area contributed by atoms with Gasteiger partial charge in [-0.25, -0.2) is 9.67 Å². The molecule has 0 aromatic carbocycles. The second-order valence-corrected chi connectivity index (χ2v) is 6.01. The van der Waals surface area contributed by atoms with Crippen LogP contribution in [-0.4, -0.2) is 19.3 Å². The van der Waals surface area contributed by atoms with Crippen LogP contribution >= 0.6 is 0 Å². The maximum atomic E-state index is 6.22. The highest BCUT2D eigenvalue weighted by molar-refractivity contribution is 5.77. The van der Waals surface area contributed by atoms with E-state index in [1.54, 1.807) is 0 Å². The Kier molecular flexibility index (Phi) is 3.44. The molecule has 5 heteroatoms. The summed E-state index contributed by atoms with van der Waals surface area (Å²) in [5.41, 5.74) is 9.29. The lowest BCUT2D eigenvalue weighted by Crippen LogP contribution is -2.21. The lowest BCUT2D eigenvalue weighted by molar-refractivity contribution is 0.265. The monoisotopic (exact) mass is 275 g/mol. The fraction of sp³-hybridized carbons (Fsp3) is 0.733. The third-order valence-corrected chi connectivity index (χ3v) is 4.77. The van der Waals surface area contributed by atoms with Crippen LogP contribution in [0.4, 0.5) is 5.95 Å². The molecule has 2 N–H and O–H groups in total. The normalized spacial score (nSPS) is 23.6. The van der Waals surface area contributed by atoms with Crippen LogP contribution in [0.25, 0.3) is 11.2 Å². The summed E-state index contributed by atoms with van der Waals surface area (Å²) < 4.78 is 4.30. The zero-order valence-electron chi connectivity index (χ0n) is 12.8. The molecule has 1 fully saturated rings. The minimum atomic E-state index is 0.486. The number of imidazole rings is 1. The number of aromatic nitrogens is 4. The van der Waals surface area contributed by atoms with Crippen LogP contribution in [0, 0.1) is 12.8 Å². The average molecular weight is 275 g/mol. The molecule has 0 amide bonds. The number of aryl methyl sites for hydroxylation is 2. The van der Waals surface area contributed by atoms with E-state index in [1.165, 1.54) is 32.1 Å². The maximum Gasteiger partial charge on any atom is 0.202 e. The highest BCUT2D eigenvalue weighted by Gasteiger charge is 2.27. The first-order valence-corrected chi connectivity index (χ1v) is 7.86. The van der Waals surface area contributed by atoms with E-state index in [0.29, 0.717) is 12.0 Å². The standard InChI is InChI=1S/C15H25N5/c1-4-11-7-6-8-12(9-11)20-14-13(17-15(20)16)10(3)18-19(14)5-2/h11-12H,4-9H2,1-3H3,(H2,16,17). The lowest BCUT2D eigenvalue weighted by atomic mass is 9.84. The molecule has 3 rings (SSSR count). The van der Waals surface area contributed by atoms with E-state index in [1.807, 2.05) is 11.6 Å². The Balaban J connectivity index is 2.08. The van der Waals surface area contributed by atoms with Crippen molar-refractivity contribution in [1.29, 1.82) is 0 Å². The molecule has 2 unspecified atom stereocenters. The van der Waals surface area contributed by atoms with E-state index in [2.05, 4.69) is 28.5 Å². The van der Waals surface area contributed by atoms with Gasteiger partial charge in [-0.1, -0.05) is 26.2 Å². The van der Waals surface area contributed by atoms with E-state index in [-0.39, 0.29) is 0 Å². The number of rotatable bonds is 3. The summed E-state index contributed by atoms with van der Waals surface area (Å²) in [7, 11) is 0.